The van der Waals surface area contributed by atoms with E-state index >= 15 is 0 Å². The van der Waals surface area contributed by atoms with Gasteiger partial charge in [-0.05, 0) is 12.3 Å². The molecule has 0 heterocycles. The Labute approximate surface area is 90.9 Å². The average molecular weight is 237 g/mol. The maximum absolute atomic E-state index is 11.4. The number of hydrogen-bond acceptors (Lipinski definition) is 3. The first-order valence-electron chi connectivity index (χ1n) is 5.06. The highest BCUT2D eigenvalue weighted by Gasteiger charge is 2.14. The topological polar surface area (TPSA) is 83.5 Å². The lowest BCUT2D eigenvalue weighted by atomic mass is 10.1. The molecule has 0 amide bonds. The first-order valence-corrected chi connectivity index (χ1v) is 6.71. The Bertz CT molecular complexity index is 286. The summed E-state index contributed by atoms with van der Waals surface area (Å²) < 4.78 is 25.1. The monoisotopic (exact) mass is 237 g/mol. The number of aliphatic carboxylic acids is 1. The van der Waals surface area contributed by atoms with Crippen LogP contribution >= 0.6 is 0 Å². The van der Waals surface area contributed by atoms with Gasteiger partial charge in [-0.2, -0.15) is 0 Å². The van der Waals surface area contributed by atoms with Crippen molar-refractivity contribution in [1.82, 2.24) is 4.72 Å². The van der Waals surface area contributed by atoms with E-state index in [9.17, 15) is 13.2 Å². The molecule has 90 valence electrons. The Kier molecular flexibility index (Phi) is 6.51. The summed E-state index contributed by atoms with van der Waals surface area (Å²) in [5, 5.41) is 8.34. The molecule has 5 nitrogen and oxygen atoms in total. The standard InChI is InChI=1S/C9H19NO4S/c1-3-4-8(2)7-15(13,14)10-6-5-9(11)12/h8,10H,3-7H2,1-2H3,(H,11,12). The van der Waals surface area contributed by atoms with Crippen LogP contribution in [0.5, 0.6) is 0 Å². The molecule has 0 aliphatic carbocycles. The van der Waals surface area contributed by atoms with E-state index in [0.717, 1.165) is 12.8 Å². The Morgan fingerprint density at radius 3 is 2.53 bits per heavy atom. The molecular formula is C9H19NO4S. The van der Waals surface area contributed by atoms with Crippen molar-refractivity contribution in [2.24, 2.45) is 5.92 Å². The van der Waals surface area contributed by atoms with Gasteiger partial charge in [-0.1, -0.05) is 20.3 Å². The Morgan fingerprint density at radius 2 is 2.07 bits per heavy atom. The van der Waals surface area contributed by atoms with E-state index in [2.05, 4.69) is 4.72 Å². The summed E-state index contributed by atoms with van der Waals surface area (Å²) in [6, 6.07) is 0. The van der Waals surface area contributed by atoms with Crippen LogP contribution in [0.25, 0.3) is 0 Å². The number of nitrogens with one attached hydrogen (secondary N) is 1. The molecular weight excluding hydrogens is 218 g/mol. The second-order valence-corrected chi connectivity index (χ2v) is 5.56. The minimum Gasteiger partial charge on any atom is -0.481 e. The summed E-state index contributed by atoms with van der Waals surface area (Å²) in [5.74, 6) is -0.822. The van der Waals surface area contributed by atoms with Gasteiger partial charge in [0.15, 0.2) is 0 Å². The molecule has 0 rings (SSSR count). The molecule has 0 aliphatic rings. The summed E-state index contributed by atoms with van der Waals surface area (Å²) in [4.78, 5) is 10.2. The molecule has 0 aliphatic heterocycles. The molecule has 2 N–H and O–H groups in total. The van der Waals surface area contributed by atoms with E-state index in [-0.39, 0.29) is 24.6 Å². The second kappa shape index (κ2) is 6.79. The Balaban J connectivity index is 3.92. The minimum atomic E-state index is -3.31. The number of sulfonamides is 1. The van der Waals surface area contributed by atoms with Crippen molar-refractivity contribution in [3.63, 3.8) is 0 Å². The van der Waals surface area contributed by atoms with Crippen molar-refractivity contribution >= 4 is 16.0 Å². The van der Waals surface area contributed by atoms with E-state index < -0.39 is 16.0 Å². The zero-order valence-electron chi connectivity index (χ0n) is 9.19. The normalized spacial score (nSPS) is 13.7. The van der Waals surface area contributed by atoms with Crippen LogP contribution in [0.1, 0.15) is 33.1 Å². The number of rotatable bonds is 8. The zero-order chi connectivity index (χ0) is 11.9. The number of carbonyl (C=O) groups is 1. The van der Waals surface area contributed by atoms with Gasteiger partial charge in [-0.3, -0.25) is 4.79 Å². The third-order valence-corrected chi connectivity index (χ3v) is 3.60. The molecule has 0 saturated carbocycles. The Hall–Kier alpha value is -0.620. The lowest BCUT2D eigenvalue weighted by molar-refractivity contribution is -0.136. The molecule has 0 spiro atoms. The Morgan fingerprint density at radius 1 is 1.47 bits per heavy atom. The third-order valence-electron chi connectivity index (χ3n) is 1.95. The fraction of sp³-hybridized carbons (Fsp3) is 0.889. The van der Waals surface area contributed by atoms with Crippen molar-refractivity contribution in [2.45, 2.75) is 33.1 Å². The van der Waals surface area contributed by atoms with Crippen LogP contribution in [0.3, 0.4) is 0 Å². The molecule has 0 aromatic rings. The van der Waals surface area contributed by atoms with Crippen molar-refractivity contribution in [3.05, 3.63) is 0 Å². The van der Waals surface area contributed by atoms with Gasteiger partial charge >= 0.3 is 5.97 Å². The van der Waals surface area contributed by atoms with Gasteiger partial charge in [-0.25, -0.2) is 13.1 Å². The van der Waals surface area contributed by atoms with Crippen LogP contribution in [0.15, 0.2) is 0 Å². The largest absolute Gasteiger partial charge is 0.481 e. The van der Waals surface area contributed by atoms with Gasteiger partial charge in [0.05, 0.1) is 12.2 Å². The summed E-state index contributed by atoms with van der Waals surface area (Å²) in [5.41, 5.74) is 0. The number of carboxylic acids is 1. The molecule has 0 fully saturated rings. The van der Waals surface area contributed by atoms with Crippen LogP contribution in [0, 0.1) is 5.92 Å². The molecule has 0 radical (unpaired) electrons. The zero-order valence-corrected chi connectivity index (χ0v) is 10.0. The van der Waals surface area contributed by atoms with Gasteiger partial charge < -0.3 is 5.11 Å². The molecule has 15 heavy (non-hydrogen) atoms. The highest BCUT2D eigenvalue weighted by atomic mass is 32.2. The van der Waals surface area contributed by atoms with Gasteiger partial charge in [-0.15, -0.1) is 0 Å². The van der Waals surface area contributed by atoms with Gasteiger partial charge in [0.25, 0.3) is 0 Å². The molecule has 0 saturated heterocycles. The fourth-order valence-corrected chi connectivity index (χ4v) is 2.77. The summed E-state index contributed by atoms with van der Waals surface area (Å²) in [6.07, 6.45) is 1.63. The first-order chi connectivity index (χ1) is 6.87. The smallest absolute Gasteiger partial charge is 0.304 e. The minimum absolute atomic E-state index is 0.0312. The lowest BCUT2D eigenvalue weighted by Crippen LogP contribution is -2.30. The van der Waals surface area contributed by atoms with E-state index in [1.54, 1.807) is 0 Å². The highest BCUT2D eigenvalue weighted by Crippen LogP contribution is 2.07. The lowest BCUT2D eigenvalue weighted by Gasteiger charge is -2.10. The van der Waals surface area contributed by atoms with Crippen molar-refractivity contribution in [2.75, 3.05) is 12.3 Å². The fourth-order valence-electron chi connectivity index (χ4n) is 1.32. The number of carboxylic acid groups (broad SMARTS) is 1. The molecule has 0 aromatic carbocycles. The maximum Gasteiger partial charge on any atom is 0.304 e. The second-order valence-electron chi connectivity index (χ2n) is 3.71. The average Bonchev–Trinajstić information content (AvgIpc) is 2.01. The summed E-state index contributed by atoms with van der Waals surface area (Å²) in [7, 11) is -3.31. The van der Waals surface area contributed by atoms with Crippen LogP contribution in [0.2, 0.25) is 0 Å². The van der Waals surface area contributed by atoms with E-state index in [4.69, 9.17) is 5.11 Å². The van der Waals surface area contributed by atoms with Gasteiger partial charge in [0, 0.05) is 6.54 Å². The highest BCUT2D eigenvalue weighted by molar-refractivity contribution is 7.89. The van der Waals surface area contributed by atoms with Gasteiger partial charge in [0.1, 0.15) is 0 Å². The van der Waals surface area contributed by atoms with Gasteiger partial charge in [0.2, 0.25) is 10.0 Å². The molecule has 6 heteroatoms. The van der Waals surface area contributed by atoms with E-state index in [1.807, 2.05) is 13.8 Å². The quantitative estimate of drug-likeness (QED) is 0.654. The molecule has 1 unspecified atom stereocenters. The third kappa shape index (κ3) is 8.38. The predicted octanol–water partition coefficient (Wildman–Crippen LogP) is 0.817. The van der Waals surface area contributed by atoms with E-state index in [0.29, 0.717) is 0 Å². The number of hydrogen-bond donors (Lipinski definition) is 2. The molecule has 0 bridgehead atoms. The summed E-state index contributed by atoms with van der Waals surface area (Å²) >= 11 is 0. The summed E-state index contributed by atoms with van der Waals surface area (Å²) in [6.45, 7) is 3.84. The van der Waals surface area contributed by atoms with Crippen LogP contribution in [-0.4, -0.2) is 31.8 Å². The van der Waals surface area contributed by atoms with E-state index in [1.165, 1.54) is 0 Å². The van der Waals surface area contributed by atoms with Crippen molar-refractivity contribution in [1.29, 1.82) is 0 Å². The predicted molar refractivity (Wildman–Crippen MR) is 58.1 cm³/mol. The first kappa shape index (κ1) is 14.4. The molecule has 0 aromatic heterocycles. The van der Waals surface area contributed by atoms with Crippen LogP contribution in [0.4, 0.5) is 0 Å². The van der Waals surface area contributed by atoms with Crippen molar-refractivity contribution in [3.8, 4) is 0 Å². The van der Waals surface area contributed by atoms with Crippen molar-refractivity contribution < 1.29 is 18.3 Å². The molecule has 1 atom stereocenters. The maximum atomic E-state index is 11.4. The SMILES string of the molecule is CCCC(C)CS(=O)(=O)NCCC(=O)O. The van der Waals surface area contributed by atoms with Crippen LogP contribution in [-0.2, 0) is 14.8 Å². The van der Waals surface area contributed by atoms with Crippen LogP contribution < -0.4 is 4.72 Å².